The van der Waals surface area contributed by atoms with E-state index < -0.39 is 0 Å². The zero-order valence-electron chi connectivity index (χ0n) is 11.8. The number of fused-ring (bicyclic) bond motifs is 1. The summed E-state index contributed by atoms with van der Waals surface area (Å²) in [5.41, 5.74) is 1.32. The quantitative estimate of drug-likeness (QED) is 0.914. The summed E-state index contributed by atoms with van der Waals surface area (Å²) in [7, 11) is 1.55. The van der Waals surface area contributed by atoms with E-state index in [2.05, 4.69) is 10.3 Å². The number of halogens is 1. The van der Waals surface area contributed by atoms with Crippen molar-refractivity contribution in [3.05, 3.63) is 24.0 Å². The molecule has 0 aliphatic heterocycles. The highest BCUT2D eigenvalue weighted by molar-refractivity contribution is 5.93. The van der Waals surface area contributed by atoms with E-state index in [1.807, 2.05) is 11.5 Å². The van der Waals surface area contributed by atoms with Gasteiger partial charge >= 0.3 is 0 Å². The van der Waals surface area contributed by atoms with Crippen molar-refractivity contribution in [3.63, 3.8) is 0 Å². The van der Waals surface area contributed by atoms with Gasteiger partial charge in [0.1, 0.15) is 5.82 Å². The SMILES string of the molecule is CCn1c(NC(=O)C(C)COC)nc2cc(F)ccc21. The van der Waals surface area contributed by atoms with Gasteiger partial charge in [0, 0.05) is 19.7 Å². The van der Waals surface area contributed by atoms with E-state index in [1.54, 1.807) is 20.1 Å². The second-order valence-electron chi connectivity index (χ2n) is 4.66. The molecule has 20 heavy (non-hydrogen) atoms. The number of nitrogens with zero attached hydrogens (tertiary/aromatic N) is 2. The van der Waals surface area contributed by atoms with E-state index in [1.165, 1.54) is 12.1 Å². The molecule has 1 aromatic heterocycles. The highest BCUT2D eigenvalue weighted by Crippen LogP contribution is 2.21. The Bertz CT molecular complexity index is 624. The first-order valence-corrected chi connectivity index (χ1v) is 6.52. The van der Waals surface area contributed by atoms with Crippen LogP contribution in [0.1, 0.15) is 13.8 Å². The average molecular weight is 279 g/mol. The highest BCUT2D eigenvalue weighted by atomic mass is 19.1. The molecule has 0 bridgehead atoms. The molecule has 5 nitrogen and oxygen atoms in total. The Hall–Kier alpha value is -1.95. The normalized spacial score (nSPS) is 12.6. The predicted molar refractivity (Wildman–Crippen MR) is 75.0 cm³/mol. The third kappa shape index (κ3) is 2.80. The van der Waals surface area contributed by atoms with Crippen LogP contribution >= 0.6 is 0 Å². The van der Waals surface area contributed by atoms with Crippen molar-refractivity contribution in [1.29, 1.82) is 0 Å². The molecule has 108 valence electrons. The number of amides is 1. The van der Waals surface area contributed by atoms with Crippen LogP contribution < -0.4 is 5.32 Å². The minimum Gasteiger partial charge on any atom is -0.384 e. The summed E-state index contributed by atoms with van der Waals surface area (Å²) in [5.74, 6) is -0.357. The van der Waals surface area contributed by atoms with E-state index in [0.717, 1.165) is 5.52 Å². The number of carbonyl (C=O) groups excluding carboxylic acids is 1. The summed E-state index contributed by atoms with van der Waals surface area (Å²) in [6.07, 6.45) is 0. The topological polar surface area (TPSA) is 56.2 Å². The fraction of sp³-hybridized carbons (Fsp3) is 0.429. The molecular weight excluding hydrogens is 261 g/mol. The third-order valence-electron chi connectivity index (χ3n) is 3.13. The number of anilines is 1. The molecule has 0 saturated heterocycles. The van der Waals surface area contributed by atoms with Crippen LogP contribution in [0.25, 0.3) is 11.0 Å². The van der Waals surface area contributed by atoms with E-state index in [0.29, 0.717) is 24.6 Å². The number of nitrogens with one attached hydrogen (secondary N) is 1. The monoisotopic (exact) mass is 279 g/mol. The Kier molecular flexibility index (Phi) is 4.34. The molecule has 1 aromatic carbocycles. The first-order chi connectivity index (χ1) is 9.56. The average Bonchev–Trinajstić information content (AvgIpc) is 2.74. The van der Waals surface area contributed by atoms with Crippen molar-refractivity contribution in [2.75, 3.05) is 19.0 Å². The van der Waals surface area contributed by atoms with Gasteiger partial charge in [-0.15, -0.1) is 0 Å². The van der Waals surface area contributed by atoms with Crippen LogP contribution in [-0.4, -0.2) is 29.2 Å². The Morgan fingerprint density at radius 2 is 2.30 bits per heavy atom. The summed E-state index contributed by atoms with van der Waals surface area (Å²) < 4.78 is 20.0. The molecule has 0 radical (unpaired) electrons. The smallest absolute Gasteiger partial charge is 0.231 e. The van der Waals surface area contributed by atoms with E-state index >= 15 is 0 Å². The number of aryl methyl sites for hydroxylation is 1. The van der Waals surface area contributed by atoms with Crippen LogP contribution in [0.3, 0.4) is 0 Å². The van der Waals surface area contributed by atoms with Gasteiger partial charge in [0.2, 0.25) is 11.9 Å². The number of rotatable bonds is 5. The van der Waals surface area contributed by atoms with Crippen LogP contribution in [0.4, 0.5) is 10.3 Å². The van der Waals surface area contributed by atoms with Crippen molar-refractivity contribution in [2.45, 2.75) is 20.4 Å². The van der Waals surface area contributed by atoms with Gasteiger partial charge in [0.25, 0.3) is 0 Å². The van der Waals surface area contributed by atoms with Gasteiger partial charge in [0.05, 0.1) is 23.6 Å². The van der Waals surface area contributed by atoms with Crippen LogP contribution in [0.5, 0.6) is 0 Å². The Morgan fingerprint density at radius 3 is 2.95 bits per heavy atom. The van der Waals surface area contributed by atoms with Gasteiger partial charge in [-0.05, 0) is 19.1 Å². The predicted octanol–water partition coefficient (Wildman–Crippen LogP) is 2.42. The van der Waals surface area contributed by atoms with E-state index in [9.17, 15) is 9.18 Å². The van der Waals surface area contributed by atoms with Crippen LogP contribution in [0.2, 0.25) is 0 Å². The lowest BCUT2D eigenvalue weighted by Crippen LogP contribution is -2.25. The third-order valence-corrected chi connectivity index (χ3v) is 3.13. The molecule has 0 spiro atoms. The first-order valence-electron chi connectivity index (χ1n) is 6.52. The molecule has 0 saturated carbocycles. The molecule has 1 atom stereocenters. The van der Waals surface area contributed by atoms with Crippen molar-refractivity contribution in [3.8, 4) is 0 Å². The number of hydrogen-bond acceptors (Lipinski definition) is 3. The molecule has 1 amide bonds. The van der Waals surface area contributed by atoms with Gasteiger partial charge in [-0.25, -0.2) is 9.37 Å². The number of aromatic nitrogens is 2. The van der Waals surface area contributed by atoms with Gasteiger partial charge < -0.3 is 9.30 Å². The largest absolute Gasteiger partial charge is 0.384 e. The lowest BCUT2D eigenvalue weighted by atomic mass is 10.2. The van der Waals surface area contributed by atoms with Crippen molar-refractivity contribution >= 4 is 22.9 Å². The number of benzene rings is 1. The molecule has 2 rings (SSSR count). The van der Waals surface area contributed by atoms with Gasteiger partial charge in [-0.2, -0.15) is 0 Å². The number of hydrogen-bond donors (Lipinski definition) is 1. The molecule has 1 heterocycles. The van der Waals surface area contributed by atoms with Crippen molar-refractivity contribution in [2.24, 2.45) is 5.92 Å². The standard InChI is InChI=1S/C14H18FN3O2/c1-4-18-12-6-5-10(15)7-11(12)16-14(18)17-13(19)9(2)8-20-3/h5-7,9H,4,8H2,1-3H3,(H,16,17,19). The summed E-state index contributed by atoms with van der Waals surface area (Å²) in [5, 5.41) is 2.77. The minimum absolute atomic E-state index is 0.169. The number of methoxy groups -OCH3 is 1. The van der Waals surface area contributed by atoms with Crippen LogP contribution in [0, 0.1) is 11.7 Å². The molecule has 2 aromatic rings. The van der Waals surface area contributed by atoms with Crippen LogP contribution in [0.15, 0.2) is 18.2 Å². The van der Waals surface area contributed by atoms with Gasteiger partial charge in [-0.3, -0.25) is 10.1 Å². The fourth-order valence-corrected chi connectivity index (χ4v) is 2.08. The molecule has 0 aliphatic rings. The Morgan fingerprint density at radius 1 is 1.55 bits per heavy atom. The van der Waals surface area contributed by atoms with Crippen molar-refractivity contribution < 1.29 is 13.9 Å². The second-order valence-corrected chi connectivity index (χ2v) is 4.66. The zero-order valence-corrected chi connectivity index (χ0v) is 11.8. The second kappa shape index (κ2) is 6.00. The number of carbonyl (C=O) groups is 1. The maximum atomic E-state index is 13.2. The molecule has 0 fully saturated rings. The molecule has 6 heteroatoms. The van der Waals surface area contributed by atoms with E-state index in [-0.39, 0.29) is 17.6 Å². The lowest BCUT2D eigenvalue weighted by Gasteiger charge is -2.11. The van der Waals surface area contributed by atoms with E-state index in [4.69, 9.17) is 4.74 Å². The molecule has 0 aliphatic carbocycles. The highest BCUT2D eigenvalue weighted by Gasteiger charge is 2.17. The number of imidazole rings is 1. The first kappa shape index (κ1) is 14.5. The van der Waals surface area contributed by atoms with Gasteiger partial charge in [-0.1, -0.05) is 6.92 Å². The molecular formula is C14H18FN3O2. The molecule has 1 unspecified atom stereocenters. The maximum absolute atomic E-state index is 13.2. The summed E-state index contributed by atoms with van der Waals surface area (Å²) in [6, 6.07) is 4.40. The van der Waals surface area contributed by atoms with Crippen LogP contribution in [-0.2, 0) is 16.1 Å². The lowest BCUT2D eigenvalue weighted by molar-refractivity contribution is -0.120. The summed E-state index contributed by atoms with van der Waals surface area (Å²) in [4.78, 5) is 16.3. The van der Waals surface area contributed by atoms with Crippen molar-refractivity contribution in [1.82, 2.24) is 9.55 Å². The Balaban J connectivity index is 2.32. The van der Waals surface area contributed by atoms with Gasteiger partial charge in [0.15, 0.2) is 0 Å². The maximum Gasteiger partial charge on any atom is 0.231 e. The fourth-order valence-electron chi connectivity index (χ4n) is 2.08. The number of ether oxygens (including phenoxy) is 1. The Labute approximate surface area is 116 Å². The summed E-state index contributed by atoms with van der Waals surface area (Å²) in [6.45, 7) is 4.69. The zero-order chi connectivity index (χ0) is 14.7. The molecule has 1 N–H and O–H groups in total. The minimum atomic E-state index is -0.344. The summed E-state index contributed by atoms with van der Waals surface area (Å²) >= 11 is 0.